The third-order valence-corrected chi connectivity index (χ3v) is 4.08. The van der Waals surface area contributed by atoms with Crippen molar-refractivity contribution in [2.24, 2.45) is 0 Å². The predicted molar refractivity (Wildman–Crippen MR) is 103 cm³/mol. The summed E-state index contributed by atoms with van der Waals surface area (Å²) in [6.07, 6.45) is 6.40. The molecule has 3 aromatic rings. The van der Waals surface area contributed by atoms with E-state index in [0.717, 1.165) is 11.3 Å². The van der Waals surface area contributed by atoms with Crippen LogP contribution in [-0.4, -0.2) is 26.7 Å². The number of hydrogen-bond acceptors (Lipinski definition) is 8. The van der Waals surface area contributed by atoms with E-state index in [1.54, 1.807) is 43.1 Å². The summed E-state index contributed by atoms with van der Waals surface area (Å²) in [4.78, 5) is 17.3. The number of anilines is 3. The molecular formula is C19H18FN7O. The number of ether oxygens (including phenoxy) is 1. The molecule has 3 heterocycles. The third-order valence-electron chi connectivity index (χ3n) is 4.08. The quantitative estimate of drug-likeness (QED) is 0.601. The zero-order valence-corrected chi connectivity index (χ0v) is 15.1. The van der Waals surface area contributed by atoms with Crippen molar-refractivity contribution in [3.63, 3.8) is 0 Å². The van der Waals surface area contributed by atoms with Crippen LogP contribution in [-0.2, 0) is 4.74 Å². The van der Waals surface area contributed by atoms with Gasteiger partial charge in [-0.15, -0.1) is 0 Å². The summed E-state index contributed by atoms with van der Waals surface area (Å²) in [6, 6.07) is 7.97. The smallest absolute Gasteiger partial charge is 0.225 e. The molecular weight excluding hydrogens is 361 g/mol. The number of nitrogens with zero attached hydrogens (tertiary/aromatic N) is 4. The minimum Gasteiger partial charge on any atom is -0.479 e. The summed E-state index contributed by atoms with van der Waals surface area (Å²) >= 11 is 0. The summed E-state index contributed by atoms with van der Waals surface area (Å²) in [5, 5.41) is 9.48. The van der Waals surface area contributed by atoms with Crippen molar-refractivity contribution in [2.45, 2.75) is 13.0 Å². The van der Waals surface area contributed by atoms with E-state index in [-0.39, 0.29) is 11.9 Å². The Balaban J connectivity index is 1.62. The van der Waals surface area contributed by atoms with Gasteiger partial charge in [0.15, 0.2) is 6.73 Å². The molecule has 1 atom stereocenters. The third kappa shape index (κ3) is 4.14. The van der Waals surface area contributed by atoms with E-state index < -0.39 is 0 Å². The lowest BCUT2D eigenvalue weighted by Crippen LogP contribution is -2.14. The first-order valence-corrected chi connectivity index (χ1v) is 8.67. The van der Waals surface area contributed by atoms with Crippen molar-refractivity contribution in [2.75, 3.05) is 17.4 Å². The fraction of sp³-hybridized carbons (Fsp3) is 0.158. The van der Waals surface area contributed by atoms with Crippen LogP contribution in [0.2, 0.25) is 0 Å². The van der Waals surface area contributed by atoms with E-state index in [9.17, 15) is 4.39 Å². The van der Waals surface area contributed by atoms with Crippen molar-refractivity contribution in [3.8, 4) is 0 Å². The summed E-state index contributed by atoms with van der Waals surface area (Å²) in [7, 11) is 0. The molecule has 9 heteroatoms. The first-order chi connectivity index (χ1) is 13.7. The van der Waals surface area contributed by atoms with Gasteiger partial charge in [0.05, 0.1) is 23.6 Å². The Morgan fingerprint density at radius 1 is 1.14 bits per heavy atom. The molecule has 3 N–H and O–H groups in total. The highest BCUT2D eigenvalue weighted by atomic mass is 19.1. The van der Waals surface area contributed by atoms with Crippen molar-refractivity contribution < 1.29 is 9.13 Å². The zero-order valence-electron chi connectivity index (χ0n) is 15.1. The monoisotopic (exact) mass is 379 g/mol. The van der Waals surface area contributed by atoms with Crippen LogP contribution in [0.3, 0.4) is 0 Å². The second-order valence-electron chi connectivity index (χ2n) is 6.11. The highest BCUT2D eigenvalue weighted by Crippen LogP contribution is 2.23. The Hall–Kier alpha value is -3.75. The minimum atomic E-state index is -0.274. The maximum atomic E-state index is 13.2. The Morgan fingerprint density at radius 3 is 2.71 bits per heavy atom. The van der Waals surface area contributed by atoms with Crippen molar-refractivity contribution in [3.05, 3.63) is 72.3 Å². The molecule has 2 aromatic heterocycles. The van der Waals surface area contributed by atoms with Crippen LogP contribution in [0.15, 0.2) is 55.2 Å². The lowest BCUT2D eigenvalue weighted by atomic mass is 10.1. The number of benzene rings is 1. The number of nitrogens with one attached hydrogen (secondary N) is 3. The van der Waals surface area contributed by atoms with Gasteiger partial charge in [0.2, 0.25) is 5.95 Å². The fourth-order valence-electron chi connectivity index (χ4n) is 2.67. The Labute approximate surface area is 160 Å². The first-order valence-electron chi connectivity index (χ1n) is 8.67. The molecule has 8 nitrogen and oxygen atoms in total. The van der Waals surface area contributed by atoms with Crippen LogP contribution < -0.4 is 16.0 Å². The normalized spacial score (nSPS) is 13.9. The number of aromatic nitrogens is 4. The Bertz CT molecular complexity index is 979. The van der Waals surface area contributed by atoms with Gasteiger partial charge in [0, 0.05) is 18.5 Å². The van der Waals surface area contributed by atoms with Crippen LogP contribution >= 0.6 is 0 Å². The van der Waals surface area contributed by atoms with E-state index >= 15 is 0 Å². The van der Waals surface area contributed by atoms with Crippen molar-refractivity contribution >= 4 is 23.3 Å². The average molecular weight is 379 g/mol. The van der Waals surface area contributed by atoms with E-state index in [1.807, 2.05) is 6.92 Å². The number of rotatable bonds is 6. The predicted octanol–water partition coefficient (Wildman–Crippen LogP) is 3.20. The maximum absolute atomic E-state index is 13.2. The lowest BCUT2D eigenvalue weighted by Gasteiger charge is -2.16. The Morgan fingerprint density at radius 2 is 2.00 bits per heavy atom. The highest BCUT2D eigenvalue weighted by Gasteiger charge is 2.15. The Kier molecular flexibility index (Phi) is 4.96. The molecule has 0 saturated heterocycles. The van der Waals surface area contributed by atoms with Crippen molar-refractivity contribution in [1.82, 2.24) is 25.3 Å². The summed E-state index contributed by atoms with van der Waals surface area (Å²) in [5.74, 6) is 1.25. The molecule has 4 rings (SSSR count). The largest absolute Gasteiger partial charge is 0.479 e. The van der Waals surface area contributed by atoms with Crippen LogP contribution in [0, 0.1) is 5.82 Å². The molecule has 0 radical (unpaired) electrons. The van der Waals surface area contributed by atoms with Crippen molar-refractivity contribution in [1.29, 1.82) is 0 Å². The van der Waals surface area contributed by atoms with Crippen LogP contribution in [0.25, 0.3) is 5.70 Å². The van der Waals surface area contributed by atoms with Gasteiger partial charge < -0.3 is 20.7 Å². The second-order valence-corrected chi connectivity index (χ2v) is 6.11. The van der Waals surface area contributed by atoms with E-state index in [4.69, 9.17) is 4.74 Å². The highest BCUT2D eigenvalue weighted by molar-refractivity contribution is 5.66. The molecule has 0 spiro atoms. The van der Waals surface area contributed by atoms with Gasteiger partial charge in [-0.3, -0.25) is 4.98 Å². The van der Waals surface area contributed by atoms with E-state index in [2.05, 4.69) is 35.9 Å². The van der Waals surface area contributed by atoms with Gasteiger partial charge >= 0.3 is 0 Å². The molecule has 0 bridgehead atoms. The van der Waals surface area contributed by atoms with Gasteiger partial charge in [0.25, 0.3) is 0 Å². The molecule has 1 aliphatic heterocycles. The fourth-order valence-corrected chi connectivity index (χ4v) is 2.67. The van der Waals surface area contributed by atoms with E-state index in [1.165, 1.54) is 12.1 Å². The number of halogens is 1. The lowest BCUT2D eigenvalue weighted by molar-refractivity contribution is 0.267. The summed E-state index contributed by atoms with van der Waals surface area (Å²) in [6.45, 7) is 2.34. The molecule has 0 fully saturated rings. The van der Waals surface area contributed by atoms with Gasteiger partial charge in [-0.1, -0.05) is 12.1 Å². The average Bonchev–Trinajstić information content (AvgIpc) is 3.24. The molecule has 1 aliphatic rings. The SMILES string of the molecule is C[C@H](Nc1nc(Nc2cnccn2)cc(C2=COCN2)n1)c1ccc(F)cc1. The first kappa shape index (κ1) is 17.7. The van der Waals surface area contributed by atoms with Crippen LogP contribution in [0.1, 0.15) is 24.2 Å². The molecule has 0 aliphatic carbocycles. The maximum Gasteiger partial charge on any atom is 0.225 e. The standard InChI is InChI=1S/C19H18FN7O/c1-12(13-2-4-14(20)5-3-13)24-19-25-15(16-10-28-11-23-16)8-17(27-19)26-18-9-21-6-7-22-18/h2-10,12,23H,11H2,1H3,(H2,22,24,25,26,27)/t12-/m0/s1. The minimum absolute atomic E-state index is 0.123. The molecule has 0 unspecified atom stereocenters. The van der Waals surface area contributed by atoms with Crippen LogP contribution in [0.4, 0.5) is 22.0 Å². The summed E-state index contributed by atoms with van der Waals surface area (Å²) in [5.41, 5.74) is 2.33. The zero-order chi connectivity index (χ0) is 19.3. The molecule has 0 saturated carbocycles. The molecule has 28 heavy (non-hydrogen) atoms. The van der Waals surface area contributed by atoms with Gasteiger partial charge in [-0.25, -0.2) is 14.4 Å². The molecule has 142 valence electrons. The van der Waals surface area contributed by atoms with E-state index in [0.29, 0.717) is 30.0 Å². The summed E-state index contributed by atoms with van der Waals surface area (Å²) < 4.78 is 18.4. The van der Waals surface area contributed by atoms with Gasteiger partial charge in [0.1, 0.15) is 23.7 Å². The molecule has 0 amide bonds. The second kappa shape index (κ2) is 7.87. The van der Waals surface area contributed by atoms with Gasteiger partial charge in [-0.05, 0) is 24.6 Å². The van der Waals surface area contributed by atoms with Gasteiger partial charge in [-0.2, -0.15) is 4.98 Å². The van der Waals surface area contributed by atoms with Crippen LogP contribution in [0.5, 0.6) is 0 Å². The topological polar surface area (TPSA) is 96.9 Å². The number of hydrogen-bond donors (Lipinski definition) is 3. The molecule has 1 aromatic carbocycles.